The van der Waals surface area contributed by atoms with Gasteiger partial charge in [0.25, 0.3) is 0 Å². The number of phosphoric ester groups is 2. The van der Waals surface area contributed by atoms with Crippen LogP contribution in [0.15, 0.2) is 0 Å². The van der Waals surface area contributed by atoms with Gasteiger partial charge in [-0.3, -0.25) is 37.3 Å². The molecule has 0 bridgehead atoms. The Morgan fingerprint density at radius 1 is 0.276 bits per heavy atom. The summed E-state index contributed by atoms with van der Waals surface area (Å²) in [6.07, 6.45) is 60.1. The van der Waals surface area contributed by atoms with Gasteiger partial charge in [0.2, 0.25) is 0 Å². The van der Waals surface area contributed by atoms with E-state index in [2.05, 4.69) is 41.5 Å². The van der Waals surface area contributed by atoms with Gasteiger partial charge in [-0.05, 0) is 37.5 Å². The van der Waals surface area contributed by atoms with E-state index in [-0.39, 0.29) is 25.7 Å². The van der Waals surface area contributed by atoms with Crippen LogP contribution in [0.3, 0.4) is 0 Å². The first kappa shape index (κ1) is 96.1. The molecule has 0 saturated carbocycles. The Bertz CT molecular complexity index is 1890. The van der Waals surface area contributed by atoms with Crippen LogP contribution in [0.25, 0.3) is 0 Å². The minimum atomic E-state index is -4.96. The number of carbonyl (C=O) groups excluding carboxylic acids is 4. The highest BCUT2D eigenvalue weighted by Crippen LogP contribution is 2.45. The van der Waals surface area contributed by atoms with Gasteiger partial charge in [0.1, 0.15) is 19.3 Å². The van der Waals surface area contributed by atoms with Crippen LogP contribution in [0.5, 0.6) is 0 Å². The van der Waals surface area contributed by atoms with Crippen LogP contribution in [-0.2, 0) is 65.4 Å². The standard InChI is InChI=1S/C79H154O17P2/c1-7-9-11-13-15-17-18-19-20-21-22-23-24-25-30-33-36-40-44-51-57-63-78(83)95-74(67-90-77(82)62-56-50-43-39-35-32-29-27-26-28-31-34-38-41-47-53-59-71(3)4)69-93-97(85,86)91-65-73(80)66-92-98(87,88)94-70-75(96-79(84)64-58-52-46-45-48-54-60-72(5)6)68-89-76(81)61-55-49-42-37-16-14-12-10-8-2/h71-75,80H,7-70H2,1-6H3,(H,85,86)(H,87,88)/t73-,74-,75-/m1/s1. The maximum absolute atomic E-state index is 13.1. The second-order valence-electron chi connectivity index (χ2n) is 29.4. The van der Waals surface area contributed by atoms with Crippen LogP contribution in [-0.4, -0.2) is 96.7 Å². The summed E-state index contributed by atoms with van der Waals surface area (Å²) in [5.74, 6) is -0.637. The maximum atomic E-state index is 13.1. The van der Waals surface area contributed by atoms with Crippen molar-refractivity contribution in [2.75, 3.05) is 39.6 Å². The molecule has 17 nitrogen and oxygen atoms in total. The van der Waals surface area contributed by atoms with Crippen LogP contribution in [0.1, 0.15) is 414 Å². The molecule has 0 rings (SSSR count). The molecule has 0 aliphatic rings. The van der Waals surface area contributed by atoms with Crippen molar-refractivity contribution in [2.45, 2.75) is 432 Å². The minimum absolute atomic E-state index is 0.102. The largest absolute Gasteiger partial charge is 0.472 e. The molecule has 0 fully saturated rings. The summed E-state index contributed by atoms with van der Waals surface area (Å²) in [4.78, 5) is 72.8. The van der Waals surface area contributed by atoms with E-state index in [1.807, 2.05) is 0 Å². The highest BCUT2D eigenvalue weighted by molar-refractivity contribution is 7.47. The van der Waals surface area contributed by atoms with Gasteiger partial charge < -0.3 is 33.8 Å². The van der Waals surface area contributed by atoms with Crippen molar-refractivity contribution < 1.29 is 80.2 Å². The van der Waals surface area contributed by atoms with E-state index in [1.165, 1.54) is 231 Å². The molecule has 3 N–H and O–H groups in total. The predicted octanol–water partition coefficient (Wildman–Crippen LogP) is 23.5. The Balaban J connectivity index is 5.16. The zero-order valence-electron chi connectivity index (χ0n) is 64.1. The fraction of sp³-hybridized carbons (Fsp3) is 0.949. The zero-order valence-corrected chi connectivity index (χ0v) is 65.9. The van der Waals surface area contributed by atoms with Gasteiger partial charge in [-0.2, -0.15) is 0 Å². The SMILES string of the molecule is CCCCCCCCCCCCCCCCCCCCCCCC(=O)O[C@H](COC(=O)CCCCCCCCCCCCCCCCCCC(C)C)COP(=O)(O)OC[C@@H](O)COP(=O)(O)OC[C@@H](COC(=O)CCCCCCCCCCC)OC(=O)CCCCCCCCC(C)C. The molecule has 0 aromatic carbocycles. The van der Waals surface area contributed by atoms with Crippen LogP contribution in [0.4, 0.5) is 0 Å². The smallest absolute Gasteiger partial charge is 0.462 e. The minimum Gasteiger partial charge on any atom is -0.462 e. The molecule has 0 aromatic rings. The summed E-state index contributed by atoms with van der Waals surface area (Å²) in [6, 6.07) is 0. The first-order valence-corrected chi connectivity index (χ1v) is 44.0. The number of ether oxygens (including phenoxy) is 4. The normalized spacial score (nSPS) is 13.9. The molecule has 19 heteroatoms. The summed E-state index contributed by atoms with van der Waals surface area (Å²) < 4.78 is 68.5. The second kappa shape index (κ2) is 70.7. The molecule has 0 spiro atoms. The number of unbranched alkanes of at least 4 members (excludes halogenated alkanes) is 48. The van der Waals surface area contributed by atoms with E-state index >= 15 is 0 Å². The van der Waals surface area contributed by atoms with Gasteiger partial charge in [0.05, 0.1) is 26.4 Å². The summed E-state index contributed by atoms with van der Waals surface area (Å²) in [5, 5.41) is 10.6. The lowest BCUT2D eigenvalue weighted by Gasteiger charge is -2.21. The molecule has 0 aliphatic heterocycles. The highest BCUT2D eigenvalue weighted by atomic mass is 31.2. The Morgan fingerprint density at radius 2 is 0.469 bits per heavy atom. The van der Waals surface area contributed by atoms with Crippen molar-refractivity contribution in [3.63, 3.8) is 0 Å². The number of aliphatic hydroxyl groups excluding tert-OH is 1. The average molecular weight is 1440 g/mol. The molecular weight excluding hydrogens is 1280 g/mol. The fourth-order valence-electron chi connectivity index (χ4n) is 12.2. The van der Waals surface area contributed by atoms with E-state index < -0.39 is 97.5 Å². The Hall–Kier alpha value is -1.94. The first-order chi connectivity index (χ1) is 47.4. The predicted molar refractivity (Wildman–Crippen MR) is 400 cm³/mol. The van der Waals surface area contributed by atoms with Gasteiger partial charge in [-0.15, -0.1) is 0 Å². The van der Waals surface area contributed by atoms with Gasteiger partial charge in [0, 0.05) is 25.7 Å². The summed E-state index contributed by atoms with van der Waals surface area (Å²) in [5.41, 5.74) is 0. The fourth-order valence-corrected chi connectivity index (χ4v) is 13.8. The number of aliphatic hydroxyl groups is 1. The zero-order chi connectivity index (χ0) is 72.1. The number of hydrogen-bond acceptors (Lipinski definition) is 15. The third kappa shape index (κ3) is 72.4. The molecule has 0 amide bonds. The van der Waals surface area contributed by atoms with E-state index in [1.54, 1.807) is 0 Å². The van der Waals surface area contributed by atoms with Crippen molar-refractivity contribution in [1.29, 1.82) is 0 Å². The lowest BCUT2D eigenvalue weighted by Crippen LogP contribution is -2.30. The monoisotopic (exact) mass is 1440 g/mol. The van der Waals surface area contributed by atoms with E-state index in [4.69, 9.17) is 37.0 Å². The average Bonchev–Trinajstić information content (AvgIpc) is 2.25. The molecule has 0 radical (unpaired) electrons. The highest BCUT2D eigenvalue weighted by Gasteiger charge is 2.30. The number of phosphoric acid groups is 2. The third-order valence-electron chi connectivity index (χ3n) is 18.5. The lowest BCUT2D eigenvalue weighted by molar-refractivity contribution is -0.161. The summed E-state index contributed by atoms with van der Waals surface area (Å²) in [7, 11) is -9.91. The third-order valence-corrected chi connectivity index (χ3v) is 20.4. The molecule has 5 atom stereocenters. The van der Waals surface area contributed by atoms with Crippen LogP contribution in [0, 0.1) is 11.8 Å². The summed E-state index contributed by atoms with van der Waals surface area (Å²) >= 11 is 0. The first-order valence-electron chi connectivity index (χ1n) is 41.0. The lowest BCUT2D eigenvalue weighted by atomic mass is 10.0. The molecule has 0 heterocycles. The molecule has 582 valence electrons. The van der Waals surface area contributed by atoms with Crippen molar-refractivity contribution in [3.05, 3.63) is 0 Å². The number of carbonyl (C=O) groups is 4. The number of esters is 4. The molecule has 98 heavy (non-hydrogen) atoms. The Kier molecular flexibility index (Phi) is 69.3. The number of hydrogen-bond donors (Lipinski definition) is 3. The van der Waals surface area contributed by atoms with Gasteiger partial charge in [0.15, 0.2) is 12.2 Å². The molecule has 0 saturated heterocycles. The van der Waals surface area contributed by atoms with Crippen LogP contribution < -0.4 is 0 Å². The van der Waals surface area contributed by atoms with Gasteiger partial charge in [-0.25, -0.2) is 9.13 Å². The van der Waals surface area contributed by atoms with E-state index in [9.17, 15) is 43.2 Å². The van der Waals surface area contributed by atoms with Gasteiger partial charge >= 0.3 is 39.5 Å². The quantitative estimate of drug-likeness (QED) is 0.0222. The molecule has 0 aliphatic carbocycles. The second-order valence-corrected chi connectivity index (χ2v) is 32.3. The molecule has 0 aromatic heterocycles. The van der Waals surface area contributed by atoms with Gasteiger partial charge in [-0.1, -0.05) is 363 Å². The van der Waals surface area contributed by atoms with E-state index in [0.29, 0.717) is 31.6 Å². The molecule has 2 unspecified atom stereocenters. The summed E-state index contributed by atoms with van der Waals surface area (Å²) in [6.45, 7) is 9.53. The topological polar surface area (TPSA) is 237 Å². The van der Waals surface area contributed by atoms with Crippen LogP contribution in [0.2, 0.25) is 0 Å². The van der Waals surface area contributed by atoms with Crippen molar-refractivity contribution in [3.8, 4) is 0 Å². The van der Waals surface area contributed by atoms with Crippen molar-refractivity contribution in [2.24, 2.45) is 11.8 Å². The van der Waals surface area contributed by atoms with Crippen molar-refractivity contribution >= 4 is 39.5 Å². The number of rotatable bonds is 78. The Morgan fingerprint density at radius 3 is 0.694 bits per heavy atom. The van der Waals surface area contributed by atoms with E-state index in [0.717, 1.165) is 95.8 Å². The maximum Gasteiger partial charge on any atom is 0.472 e. The van der Waals surface area contributed by atoms with Crippen LogP contribution >= 0.6 is 15.6 Å². The Labute approximate surface area is 600 Å². The molecular formula is C79H154O17P2. The van der Waals surface area contributed by atoms with Crippen molar-refractivity contribution in [1.82, 2.24) is 0 Å².